The predicted octanol–water partition coefficient (Wildman–Crippen LogP) is 3.07. The molecule has 4 nitrogen and oxygen atoms in total. The van der Waals surface area contributed by atoms with Gasteiger partial charge >= 0.3 is 0 Å². The zero-order chi connectivity index (χ0) is 15.5. The average molecular weight is 333 g/mol. The number of hydrogen-bond donors (Lipinski definition) is 1. The second-order valence-corrected chi connectivity index (χ2v) is 6.62. The van der Waals surface area contributed by atoms with E-state index in [4.69, 9.17) is 17.0 Å². The summed E-state index contributed by atoms with van der Waals surface area (Å²) < 4.78 is 5.25. The Bertz CT molecular complexity index is 644. The molecule has 1 N–H and O–H groups in total. The van der Waals surface area contributed by atoms with Gasteiger partial charge in [-0.1, -0.05) is 6.07 Å². The minimum absolute atomic E-state index is 0.0721. The second-order valence-electron chi connectivity index (χ2n) is 5.28. The molecule has 2 atom stereocenters. The van der Waals surface area contributed by atoms with Gasteiger partial charge < -0.3 is 15.0 Å². The Balaban J connectivity index is 1.99. The predicted molar refractivity (Wildman–Crippen MR) is 93.1 cm³/mol. The number of rotatable bonds is 5. The van der Waals surface area contributed by atoms with E-state index in [0.717, 1.165) is 17.4 Å². The fraction of sp³-hybridized carbons (Fsp3) is 0.375. The molecule has 0 saturated carbocycles. The third kappa shape index (κ3) is 2.86. The summed E-state index contributed by atoms with van der Waals surface area (Å²) in [5, 5.41) is 6.34. The number of thiophene rings is 1. The van der Waals surface area contributed by atoms with Crippen LogP contribution in [0.4, 0.5) is 0 Å². The van der Waals surface area contributed by atoms with Gasteiger partial charge in [0.2, 0.25) is 0 Å². The molecule has 0 aromatic carbocycles. The van der Waals surface area contributed by atoms with Crippen molar-refractivity contribution in [1.29, 1.82) is 0 Å². The van der Waals surface area contributed by atoms with Crippen LogP contribution in [0.3, 0.4) is 0 Å². The van der Waals surface area contributed by atoms with Crippen molar-refractivity contribution in [2.24, 2.45) is 0 Å². The van der Waals surface area contributed by atoms with Crippen LogP contribution in [-0.4, -0.2) is 35.3 Å². The number of hydrogen-bond acceptors (Lipinski definition) is 4. The average Bonchev–Trinajstić information content (AvgIpc) is 3.09. The number of methoxy groups -OCH3 is 1. The van der Waals surface area contributed by atoms with Crippen LogP contribution in [-0.2, 0) is 4.74 Å². The number of nitrogens with one attached hydrogen (secondary N) is 1. The Hall–Kier alpha value is -1.50. The molecular weight excluding hydrogens is 314 g/mol. The van der Waals surface area contributed by atoms with Gasteiger partial charge in [0.05, 0.1) is 24.4 Å². The first-order valence-corrected chi connectivity index (χ1v) is 8.52. The van der Waals surface area contributed by atoms with E-state index in [1.165, 1.54) is 10.4 Å². The lowest BCUT2D eigenvalue weighted by Crippen LogP contribution is -2.32. The Kier molecular flexibility index (Phi) is 4.71. The van der Waals surface area contributed by atoms with Crippen molar-refractivity contribution < 1.29 is 4.74 Å². The van der Waals surface area contributed by atoms with Crippen molar-refractivity contribution in [2.45, 2.75) is 19.0 Å². The van der Waals surface area contributed by atoms with Crippen molar-refractivity contribution >= 4 is 28.7 Å². The molecule has 1 aliphatic rings. The topological polar surface area (TPSA) is 37.4 Å². The van der Waals surface area contributed by atoms with E-state index in [2.05, 4.69) is 39.6 Å². The number of thiocarbonyl (C=S) groups is 1. The lowest BCUT2D eigenvalue weighted by atomic mass is 10.0. The number of aryl methyl sites for hydroxylation is 1. The molecule has 3 heterocycles. The third-order valence-corrected chi connectivity index (χ3v) is 5.35. The van der Waals surface area contributed by atoms with Crippen molar-refractivity contribution in [3.63, 3.8) is 0 Å². The summed E-state index contributed by atoms with van der Waals surface area (Å²) in [5.74, 6) is 0. The van der Waals surface area contributed by atoms with Gasteiger partial charge in [0.1, 0.15) is 0 Å². The van der Waals surface area contributed by atoms with Crippen LogP contribution in [0, 0.1) is 6.92 Å². The Morgan fingerprint density at radius 2 is 2.27 bits per heavy atom. The van der Waals surface area contributed by atoms with Crippen LogP contribution in [0.15, 0.2) is 35.8 Å². The summed E-state index contributed by atoms with van der Waals surface area (Å²) in [6, 6.07) is 8.40. The molecular formula is C16H19N3OS2. The highest BCUT2D eigenvalue weighted by molar-refractivity contribution is 7.80. The highest BCUT2D eigenvalue weighted by Crippen LogP contribution is 2.41. The van der Waals surface area contributed by atoms with E-state index < -0.39 is 0 Å². The van der Waals surface area contributed by atoms with Crippen LogP contribution in [0.5, 0.6) is 0 Å². The molecule has 116 valence electrons. The minimum Gasteiger partial charge on any atom is -0.383 e. The summed E-state index contributed by atoms with van der Waals surface area (Å²) in [7, 11) is 1.72. The van der Waals surface area contributed by atoms with E-state index >= 15 is 0 Å². The summed E-state index contributed by atoms with van der Waals surface area (Å²) in [6.07, 6.45) is 1.83. The zero-order valence-corrected chi connectivity index (χ0v) is 14.3. The van der Waals surface area contributed by atoms with Crippen molar-refractivity contribution in [1.82, 2.24) is 15.2 Å². The molecule has 2 aromatic rings. The molecule has 22 heavy (non-hydrogen) atoms. The Morgan fingerprint density at radius 3 is 2.91 bits per heavy atom. The van der Waals surface area contributed by atoms with E-state index in [1.807, 2.05) is 18.3 Å². The Morgan fingerprint density at radius 1 is 1.41 bits per heavy atom. The van der Waals surface area contributed by atoms with Gasteiger partial charge in [-0.15, -0.1) is 11.3 Å². The summed E-state index contributed by atoms with van der Waals surface area (Å²) in [6.45, 7) is 3.57. The van der Waals surface area contributed by atoms with Gasteiger partial charge in [-0.2, -0.15) is 0 Å². The first kappa shape index (κ1) is 15.4. The summed E-state index contributed by atoms with van der Waals surface area (Å²) in [4.78, 5) is 8.08. The molecule has 0 spiro atoms. The number of ether oxygens (including phenoxy) is 1. The molecule has 0 bridgehead atoms. The molecule has 2 aromatic heterocycles. The van der Waals surface area contributed by atoms with E-state index in [-0.39, 0.29) is 12.1 Å². The molecule has 0 unspecified atom stereocenters. The Labute approximate surface area is 140 Å². The summed E-state index contributed by atoms with van der Waals surface area (Å²) >= 11 is 7.34. The van der Waals surface area contributed by atoms with Crippen molar-refractivity contribution in [3.8, 4) is 0 Å². The molecule has 1 aliphatic heterocycles. The van der Waals surface area contributed by atoms with E-state index in [9.17, 15) is 0 Å². The third-order valence-electron chi connectivity index (χ3n) is 3.90. The molecule has 0 aliphatic carbocycles. The molecule has 1 saturated heterocycles. The normalized spacial score (nSPS) is 21.2. The van der Waals surface area contributed by atoms with Crippen molar-refractivity contribution in [2.75, 3.05) is 20.3 Å². The van der Waals surface area contributed by atoms with Gasteiger partial charge in [-0.25, -0.2) is 0 Å². The fourth-order valence-electron chi connectivity index (χ4n) is 2.81. The maximum absolute atomic E-state index is 5.56. The first-order valence-electron chi connectivity index (χ1n) is 7.23. The van der Waals surface area contributed by atoms with Crippen LogP contribution < -0.4 is 5.32 Å². The van der Waals surface area contributed by atoms with E-state index in [1.54, 1.807) is 18.4 Å². The lowest BCUT2D eigenvalue weighted by molar-refractivity contribution is 0.164. The second kappa shape index (κ2) is 6.73. The molecule has 1 fully saturated rings. The van der Waals surface area contributed by atoms with Crippen LogP contribution in [0.25, 0.3) is 0 Å². The maximum atomic E-state index is 5.56. The van der Waals surface area contributed by atoms with Gasteiger partial charge in [-0.05, 0) is 48.3 Å². The number of pyridine rings is 1. The minimum atomic E-state index is 0.0721. The fourth-order valence-corrected chi connectivity index (χ4v) is 4.21. The smallest absolute Gasteiger partial charge is 0.170 e. The van der Waals surface area contributed by atoms with Crippen LogP contribution in [0.1, 0.15) is 28.2 Å². The first-order chi connectivity index (χ1) is 10.7. The summed E-state index contributed by atoms with van der Waals surface area (Å²) in [5.41, 5.74) is 2.31. The number of aromatic nitrogens is 1. The highest BCUT2D eigenvalue weighted by Gasteiger charge is 2.40. The van der Waals surface area contributed by atoms with Gasteiger partial charge in [-0.3, -0.25) is 4.98 Å². The van der Waals surface area contributed by atoms with Gasteiger partial charge in [0, 0.05) is 24.7 Å². The molecule has 3 rings (SSSR count). The standard InChI is InChI=1S/C16H19N3OS2/c1-11-6-10-22-15(11)14-13(12-5-3-4-7-17-12)18-16(21)19(14)8-9-20-2/h3-7,10,13-14H,8-9H2,1-2H3,(H,18,21)/t13-,14+/m1/s1. The van der Waals surface area contributed by atoms with Crippen LogP contribution in [0.2, 0.25) is 0 Å². The lowest BCUT2D eigenvalue weighted by Gasteiger charge is -2.27. The SMILES string of the molecule is COCCN1C(=S)N[C@H](c2ccccn2)[C@H]1c1sccc1C. The maximum Gasteiger partial charge on any atom is 0.170 e. The molecule has 0 amide bonds. The quantitative estimate of drug-likeness (QED) is 0.851. The van der Waals surface area contributed by atoms with Crippen molar-refractivity contribution in [3.05, 3.63) is 52.0 Å². The molecule has 6 heteroatoms. The highest BCUT2D eigenvalue weighted by atomic mass is 32.1. The molecule has 0 radical (unpaired) electrons. The largest absolute Gasteiger partial charge is 0.383 e. The van der Waals surface area contributed by atoms with Crippen LogP contribution >= 0.6 is 23.6 Å². The number of nitrogens with zero attached hydrogens (tertiary/aromatic N) is 2. The van der Waals surface area contributed by atoms with Gasteiger partial charge in [0.15, 0.2) is 5.11 Å². The van der Waals surface area contributed by atoms with E-state index in [0.29, 0.717) is 6.61 Å². The monoisotopic (exact) mass is 333 g/mol. The zero-order valence-electron chi connectivity index (χ0n) is 12.7. The van der Waals surface area contributed by atoms with Gasteiger partial charge in [0.25, 0.3) is 0 Å².